The summed E-state index contributed by atoms with van der Waals surface area (Å²) in [6.45, 7) is 4.74. The molecular formula is C13H18N4O3. The molecule has 108 valence electrons. The van der Waals surface area contributed by atoms with Gasteiger partial charge in [0.2, 0.25) is 5.91 Å². The van der Waals surface area contributed by atoms with E-state index in [1.165, 1.54) is 13.3 Å². The maximum absolute atomic E-state index is 11.9. The molecule has 7 heteroatoms. The van der Waals surface area contributed by atoms with Crippen LogP contribution in [-0.2, 0) is 9.53 Å². The molecule has 7 nitrogen and oxygen atoms in total. The summed E-state index contributed by atoms with van der Waals surface area (Å²) in [5.41, 5.74) is 5.49. The van der Waals surface area contributed by atoms with Gasteiger partial charge in [0, 0.05) is 13.1 Å². The van der Waals surface area contributed by atoms with E-state index in [4.69, 9.17) is 5.73 Å². The van der Waals surface area contributed by atoms with E-state index in [0.717, 1.165) is 0 Å². The maximum atomic E-state index is 11.9. The smallest absolute Gasteiger partial charge is 0.340 e. The van der Waals surface area contributed by atoms with Gasteiger partial charge in [0.05, 0.1) is 24.6 Å². The molecule has 2 rings (SSSR count). The van der Waals surface area contributed by atoms with Gasteiger partial charge in [-0.25, -0.2) is 9.78 Å². The number of rotatable bonds is 2. The highest BCUT2D eigenvalue weighted by atomic mass is 16.5. The van der Waals surface area contributed by atoms with Crippen molar-refractivity contribution in [2.45, 2.75) is 19.4 Å². The highest BCUT2D eigenvalue weighted by Crippen LogP contribution is 2.26. The number of methoxy groups -OCH3 is 1. The van der Waals surface area contributed by atoms with Crippen LogP contribution in [0.5, 0.6) is 0 Å². The SMILES string of the molecule is COC(=O)c1cc(N2CCNC(=O)C2(C)C)ncc1N. The second-order valence-electron chi connectivity index (χ2n) is 5.09. The first-order chi connectivity index (χ1) is 9.37. The van der Waals surface area contributed by atoms with E-state index in [1.807, 2.05) is 4.90 Å². The number of hydrogen-bond acceptors (Lipinski definition) is 6. The number of esters is 1. The van der Waals surface area contributed by atoms with Crippen molar-refractivity contribution in [3.8, 4) is 0 Å². The van der Waals surface area contributed by atoms with E-state index in [9.17, 15) is 9.59 Å². The van der Waals surface area contributed by atoms with Crippen LogP contribution >= 0.6 is 0 Å². The summed E-state index contributed by atoms with van der Waals surface area (Å²) >= 11 is 0. The number of piperazine rings is 1. The monoisotopic (exact) mass is 278 g/mol. The summed E-state index contributed by atoms with van der Waals surface area (Å²) in [5, 5.41) is 2.81. The van der Waals surface area contributed by atoms with E-state index in [2.05, 4.69) is 15.0 Å². The number of nitrogens with zero attached hydrogens (tertiary/aromatic N) is 2. The molecule has 1 saturated heterocycles. The van der Waals surface area contributed by atoms with Crippen molar-refractivity contribution in [3.63, 3.8) is 0 Å². The van der Waals surface area contributed by atoms with E-state index >= 15 is 0 Å². The fraction of sp³-hybridized carbons (Fsp3) is 0.462. The van der Waals surface area contributed by atoms with Crippen LogP contribution in [0, 0.1) is 0 Å². The summed E-state index contributed by atoms with van der Waals surface area (Å²) in [7, 11) is 1.29. The third-order valence-electron chi connectivity index (χ3n) is 3.45. The number of amides is 1. The van der Waals surface area contributed by atoms with Crippen LogP contribution in [0.4, 0.5) is 11.5 Å². The predicted octanol–water partition coefficient (Wildman–Crippen LogP) is 0.165. The van der Waals surface area contributed by atoms with Crippen molar-refractivity contribution in [1.82, 2.24) is 10.3 Å². The van der Waals surface area contributed by atoms with Gasteiger partial charge in [-0.15, -0.1) is 0 Å². The van der Waals surface area contributed by atoms with Gasteiger partial charge in [-0.2, -0.15) is 0 Å². The number of nitrogens with one attached hydrogen (secondary N) is 1. The zero-order valence-electron chi connectivity index (χ0n) is 11.8. The van der Waals surface area contributed by atoms with Crippen LogP contribution in [0.25, 0.3) is 0 Å². The van der Waals surface area contributed by atoms with Gasteiger partial charge in [-0.1, -0.05) is 0 Å². The first-order valence-corrected chi connectivity index (χ1v) is 6.27. The van der Waals surface area contributed by atoms with Crippen LogP contribution in [0.1, 0.15) is 24.2 Å². The Morgan fingerprint density at radius 1 is 1.55 bits per heavy atom. The molecule has 2 heterocycles. The van der Waals surface area contributed by atoms with Gasteiger partial charge < -0.3 is 20.7 Å². The lowest BCUT2D eigenvalue weighted by Gasteiger charge is -2.42. The number of carbonyl (C=O) groups excluding carboxylic acids is 2. The minimum Gasteiger partial charge on any atom is -0.465 e. The number of carbonyl (C=O) groups is 2. The van der Waals surface area contributed by atoms with E-state index in [0.29, 0.717) is 18.9 Å². The zero-order chi connectivity index (χ0) is 14.9. The number of anilines is 2. The summed E-state index contributed by atoms with van der Waals surface area (Å²) in [4.78, 5) is 29.7. The molecule has 0 atom stereocenters. The van der Waals surface area contributed by atoms with Crippen molar-refractivity contribution >= 4 is 23.4 Å². The molecule has 1 fully saturated rings. The minimum absolute atomic E-state index is 0.0815. The Morgan fingerprint density at radius 3 is 2.90 bits per heavy atom. The van der Waals surface area contributed by atoms with Crippen LogP contribution in [0.15, 0.2) is 12.3 Å². The second-order valence-corrected chi connectivity index (χ2v) is 5.09. The molecule has 0 aliphatic carbocycles. The molecule has 0 saturated carbocycles. The number of pyridine rings is 1. The van der Waals surface area contributed by atoms with Crippen LogP contribution in [0.2, 0.25) is 0 Å². The first kappa shape index (κ1) is 14.1. The molecule has 20 heavy (non-hydrogen) atoms. The van der Waals surface area contributed by atoms with E-state index in [-0.39, 0.29) is 17.2 Å². The van der Waals surface area contributed by atoms with Crippen molar-refractivity contribution in [2.75, 3.05) is 30.8 Å². The number of nitrogen functional groups attached to an aromatic ring is 1. The quantitative estimate of drug-likeness (QED) is 0.748. The number of ether oxygens (including phenoxy) is 1. The first-order valence-electron chi connectivity index (χ1n) is 6.27. The predicted molar refractivity (Wildman–Crippen MR) is 74.4 cm³/mol. The van der Waals surface area contributed by atoms with E-state index in [1.54, 1.807) is 19.9 Å². The summed E-state index contributed by atoms with van der Waals surface area (Å²) in [5.74, 6) is -0.0770. The fourth-order valence-corrected chi connectivity index (χ4v) is 2.19. The Bertz CT molecular complexity index is 557. The number of nitrogens with two attached hydrogens (primary N) is 1. The second kappa shape index (κ2) is 4.99. The van der Waals surface area contributed by atoms with Crippen molar-refractivity contribution in [3.05, 3.63) is 17.8 Å². The Morgan fingerprint density at radius 2 is 2.25 bits per heavy atom. The number of hydrogen-bond donors (Lipinski definition) is 2. The summed E-state index contributed by atoms with van der Waals surface area (Å²) < 4.78 is 4.69. The lowest BCUT2D eigenvalue weighted by molar-refractivity contribution is -0.126. The molecule has 0 radical (unpaired) electrons. The molecule has 1 aliphatic rings. The average molecular weight is 278 g/mol. The molecule has 3 N–H and O–H groups in total. The Balaban J connectivity index is 2.42. The van der Waals surface area contributed by atoms with Gasteiger partial charge in [0.15, 0.2) is 0 Å². The van der Waals surface area contributed by atoms with Crippen LogP contribution in [0.3, 0.4) is 0 Å². The van der Waals surface area contributed by atoms with Gasteiger partial charge >= 0.3 is 5.97 Å². The average Bonchev–Trinajstić information content (AvgIpc) is 2.42. The Hall–Kier alpha value is -2.31. The number of aromatic nitrogens is 1. The van der Waals surface area contributed by atoms with Crippen molar-refractivity contribution in [1.29, 1.82) is 0 Å². The van der Waals surface area contributed by atoms with Gasteiger partial charge in [-0.05, 0) is 19.9 Å². The molecule has 0 aromatic carbocycles. The topological polar surface area (TPSA) is 97.5 Å². The van der Waals surface area contributed by atoms with Gasteiger partial charge in [0.25, 0.3) is 0 Å². The standard InChI is InChI=1S/C13H18N4O3/c1-13(2)12(19)15-4-5-17(13)10-6-8(11(18)20-3)9(14)7-16-10/h6-7H,4-5,14H2,1-3H3,(H,15,19). The molecular weight excluding hydrogens is 260 g/mol. The molecule has 0 spiro atoms. The lowest BCUT2D eigenvalue weighted by Crippen LogP contribution is -2.62. The molecule has 1 amide bonds. The largest absolute Gasteiger partial charge is 0.465 e. The Labute approximate surface area is 117 Å². The minimum atomic E-state index is -0.741. The fourth-order valence-electron chi connectivity index (χ4n) is 2.19. The molecule has 0 unspecified atom stereocenters. The third-order valence-corrected chi connectivity index (χ3v) is 3.45. The van der Waals surface area contributed by atoms with E-state index < -0.39 is 11.5 Å². The summed E-state index contributed by atoms with van der Waals surface area (Å²) in [6.07, 6.45) is 1.41. The maximum Gasteiger partial charge on any atom is 0.340 e. The Kier molecular flexibility index (Phi) is 3.52. The van der Waals surface area contributed by atoms with Crippen molar-refractivity contribution < 1.29 is 14.3 Å². The normalized spacial score (nSPS) is 17.6. The van der Waals surface area contributed by atoms with Crippen molar-refractivity contribution in [2.24, 2.45) is 0 Å². The highest BCUT2D eigenvalue weighted by molar-refractivity contribution is 5.96. The molecule has 1 aromatic heterocycles. The third kappa shape index (κ3) is 2.26. The molecule has 1 aromatic rings. The molecule has 0 bridgehead atoms. The van der Waals surface area contributed by atoms with Crippen LogP contribution in [-0.4, -0.2) is 42.6 Å². The summed E-state index contributed by atoms with van der Waals surface area (Å²) in [6, 6.07) is 1.56. The lowest BCUT2D eigenvalue weighted by atomic mass is 9.98. The van der Waals surface area contributed by atoms with Gasteiger partial charge in [0.1, 0.15) is 11.4 Å². The van der Waals surface area contributed by atoms with Crippen LogP contribution < -0.4 is 16.0 Å². The highest BCUT2D eigenvalue weighted by Gasteiger charge is 2.38. The van der Waals surface area contributed by atoms with Gasteiger partial charge in [-0.3, -0.25) is 4.79 Å². The molecule has 1 aliphatic heterocycles. The zero-order valence-corrected chi connectivity index (χ0v) is 11.8.